The minimum absolute atomic E-state index is 0.0231. The summed E-state index contributed by atoms with van der Waals surface area (Å²) in [7, 11) is 3.08. The van der Waals surface area contributed by atoms with Crippen molar-refractivity contribution in [2.24, 2.45) is 0 Å². The summed E-state index contributed by atoms with van der Waals surface area (Å²) in [6.45, 7) is 5.34. The Morgan fingerprint density at radius 1 is 1.00 bits per heavy atom. The van der Waals surface area contributed by atoms with Crippen molar-refractivity contribution >= 4 is 23.4 Å². The Bertz CT molecular complexity index is 699. The number of anilines is 1. The largest absolute Gasteiger partial charge is 0.497 e. The molecule has 0 N–H and O–H groups in total. The molecule has 2 rings (SSSR count). The fourth-order valence-electron chi connectivity index (χ4n) is 3.09. The highest BCUT2D eigenvalue weighted by Gasteiger charge is 2.24. The fraction of sp³-hybridized carbons (Fsp3) is 0.526. The molecule has 0 bridgehead atoms. The molecule has 1 aromatic carbocycles. The van der Waals surface area contributed by atoms with Crippen LogP contribution in [0.25, 0.3) is 0 Å². The molecule has 8 nitrogen and oxygen atoms in total. The third-order valence-corrected chi connectivity index (χ3v) is 4.68. The van der Waals surface area contributed by atoms with Gasteiger partial charge in [0.1, 0.15) is 11.5 Å². The van der Waals surface area contributed by atoms with Crippen molar-refractivity contribution in [2.45, 2.75) is 20.3 Å². The van der Waals surface area contributed by atoms with Gasteiger partial charge in [-0.25, -0.2) is 0 Å². The third-order valence-electron chi connectivity index (χ3n) is 4.68. The van der Waals surface area contributed by atoms with Gasteiger partial charge in [-0.1, -0.05) is 0 Å². The monoisotopic (exact) mass is 377 g/mol. The zero-order valence-corrected chi connectivity index (χ0v) is 16.4. The molecule has 0 saturated carbocycles. The number of amides is 3. The molecular formula is C19H27N3O5. The van der Waals surface area contributed by atoms with Gasteiger partial charge in [0.15, 0.2) is 0 Å². The van der Waals surface area contributed by atoms with E-state index in [1.54, 1.807) is 35.1 Å². The van der Waals surface area contributed by atoms with Crippen molar-refractivity contribution in [3.05, 3.63) is 18.2 Å². The lowest BCUT2D eigenvalue weighted by atomic mass is 10.2. The first-order chi connectivity index (χ1) is 12.9. The Morgan fingerprint density at radius 3 is 2.15 bits per heavy atom. The molecule has 0 radical (unpaired) electrons. The van der Waals surface area contributed by atoms with E-state index in [1.165, 1.54) is 25.9 Å². The average Bonchev–Trinajstić information content (AvgIpc) is 2.67. The van der Waals surface area contributed by atoms with Crippen LogP contribution in [-0.4, -0.2) is 74.5 Å². The molecule has 1 fully saturated rings. The van der Waals surface area contributed by atoms with Crippen molar-refractivity contribution in [3.63, 3.8) is 0 Å². The van der Waals surface area contributed by atoms with Gasteiger partial charge in [0.05, 0.1) is 19.9 Å². The van der Waals surface area contributed by atoms with E-state index in [2.05, 4.69) is 0 Å². The van der Waals surface area contributed by atoms with Crippen LogP contribution in [0.2, 0.25) is 0 Å². The number of ether oxygens (including phenoxy) is 2. The van der Waals surface area contributed by atoms with Crippen molar-refractivity contribution in [1.29, 1.82) is 0 Å². The maximum Gasteiger partial charge on any atom is 0.224 e. The van der Waals surface area contributed by atoms with E-state index in [4.69, 9.17) is 9.47 Å². The van der Waals surface area contributed by atoms with E-state index in [-0.39, 0.29) is 30.7 Å². The number of hydrogen-bond donors (Lipinski definition) is 0. The predicted molar refractivity (Wildman–Crippen MR) is 101 cm³/mol. The third kappa shape index (κ3) is 5.12. The molecule has 0 atom stereocenters. The minimum atomic E-state index is -0.184. The van der Waals surface area contributed by atoms with E-state index in [9.17, 15) is 14.4 Å². The number of carbonyl (C=O) groups excluding carboxylic acids is 3. The predicted octanol–water partition coefficient (Wildman–Crippen LogP) is 1.14. The van der Waals surface area contributed by atoms with Crippen LogP contribution in [0.1, 0.15) is 20.3 Å². The molecule has 1 aliphatic heterocycles. The van der Waals surface area contributed by atoms with Crippen LogP contribution in [0, 0.1) is 0 Å². The lowest BCUT2D eigenvalue weighted by Gasteiger charge is -2.34. The van der Waals surface area contributed by atoms with Gasteiger partial charge in [0.25, 0.3) is 0 Å². The van der Waals surface area contributed by atoms with Crippen molar-refractivity contribution in [2.75, 3.05) is 51.8 Å². The zero-order chi connectivity index (χ0) is 20.0. The summed E-state index contributed by atoms with van der Waals surface area (Å²) in [5.74, 6) is 0.939. The summed E-state index contributed by atoms with van der Waals surface area (Å²) < 4.78 is 10.6. The van der Waals surface area contributed by atoms with E-state index in [0.717, 1.165) is 0 Å². The smallest absolute Gasteiger partial charge is 0.224 e. The minimum Gasteiger partial charge on any atom is -0.497 e. The molecule has 1 saturated heterocycles. The normalized spacial score (nSPS) is 13.9. The molecule has 8 heteroatoms. The molecule has 1 heterocycles. The van der Waals surface area contributed by atoms with Crippen molar-refractivity contribution < 1.29 is 23.9 Å². The number of benzene rings is 1. The fourth-order valence-corrected chi connectivity index (χ4v) is 3.09. The van der Waals surface area contributed by atoms with Gasteiger partial charge >= 0.3 is 0 Å². The molecule has 0 spiro atoms. The van der Waals surface area contributed by atoms with Crippen LogP contribution in [0.3, 0.4) is 0 Å². The van der Waals surface area contributed by atoms with Crippen LogP contribution < -0.4 is 14.4 Å². The van der Waals surface area contributed by atoms with Gasteiger partial charge in [-0.05, 0) is 12.1 Å². The second kappa shape index (κ2) is 9.25. The Hall–Kier alpha value is -2.77. The second-order valence-electron chi connectivity index (χ2n) is 6.35. The van der Waals surface area contributed by atoms with E-state index >= 15 is 0 Å². The molecular weight excluding hydrogens is 350 g/mol. The number of rotatable bonds is 6. The molecule has 148 valence electrons. The number of piperazine rings is 1. The molecule has 1 aromatic rings. The highest BCUT2D eigenvalue weighted by molar-refractivity contribution is 5.94. The van der Waals surface area contributed by atoms with Gasteiger partial charge in [-0.3, -0.25) is 14.4 Å². The first-order valence-electron chi connectivity index (χ1n) is 8.90. The highest BCUT2D eigenvalue weighted by Crippen LogP contribution is 2.32. The van der Waals surface area contributed by atoms with Crippen LogP contribution in [0.4, 0.5) is 5.69 Å². The molecule has 27 heavy (non-hydrogen) atoms. The van der Waals surface area contributed by atoms with Crippen molar-refractivity contribution in [3.8, 4) is 11.5 Å². The maximum atomic E-state index is 12.5. The Kier molecular flexibility index (Phi) is 7.04. The summed E-state index contributed by atoms with van der Waals surface area (Å²) in [6.07, 6.45) is 0.194. The average molecular weight is 377 g/mol. The van der Waals surface area contributed by atoms with Crippen LogP contribution in [0.5, 0.6) is 11.5 Å². The molecule has 0 unspecified atom stereocenters. The standard InChI is InChI=1S/C19H27N3O5/c1-14(23)20-9-11-21(12-10-20)19(25)7-8-22(15(2)24)17-13-16(26-3)5-6-18(17)27-4/h5-6,13H,7-12H2,1-4H3. The van der Waals surface area contributed by atoms with E-state index in [1.807, 2.05) is 0 Å². The first kappa shape index (κ1) is 20.5. The number of hydrogen-bond acceptors (Lipinski definition) is 5. The Balaban J connectivity index is 2.04. The van der Waals surface area contributed by atoms with Crippen LogP contribution in [-0.2, 0) is 14.4 Å². The van der Waals surface area contributed by atoms with E-state index < -0.39 is 0 Å². The SMILES string of the molecule is COc1ccc(OC)c(N(CCC(=O)N2CCN(C(C)=O)CC2)C(C)=O)c1. The van der Waals surface area contributed by atoms with Gasteiger partial charge in [-0.15, -0.1) is 0 Å². The lowest BCUT2D eigenvalue weighted by molar-refractivity contribution is -0.138. The number of methoxy groups -OCH3 is 2. The summed E-state index contributed by atoms with van der Waals surface area (Å²) in [6, 6.07) is 5.20. The van der Waals surface area contributed by atoms with Crippen molar-refractivity contribution in [1.82, 2.24) is 9.80 Å². The second-order valence-corrected chi connectivity index (χ2v) is 6.35. The Morgan fingerprint density at radius 2 is 1.63 bits per heavy atom. The zero-order valence-electron chi connectivity index (χ0n) is 16.4. The quantitative estimate of drug-likeness (QED) is 0.743. The maximum absolute atomic E-state index is 12.5. The molecule has 0 aliphatic carbocycles. The summed E-state index contributed by atoms with van der Waals surface area (Å²) in [4.78, 5) is 41.1. The summed E-state index contributed by atoms with van der Waals surface area (Å²) >= 11 is 0. The molecule has 0 aromatic heterocycles. The highest BCUT2D eigenvalue weighted by atomic mass is 16.5. The van der Waals surface area contributed by atoms with Gasteiger partial charge in [0, 0.05) is 59.1 Å². The molecule has 1 aliphatic rings. The van der Waals surface area contributed by atoms with E-state index in [0.29, 0.717) is 43.4 Å². The molecule has 3 amide bonds. The lowest BCUT2D eigenvalue weighted by Crippen LogP contribution is -2.50. The van der Waals surface area contributed by atoms with Gasteiger partial charge < -0.3 is 24.2 Å². The van der Waals surface area contributed by atoms with Crippen LogP contribution >= 0.6 is 0 Å². The Labute approximate surface area is 159 Å². The summed E-state index contributed by atoms with van der Waals surface area (Å²) in [5.41, 5.74) is 0.568. The van der Waals surface area contributed by atoms with Gasteiger partial charge in [0.2, 0.25) is 17.7 Å². The summed E-state index contributed by atoms with van der Waals surface area (Å²) in [5, 5.41) is 0. The first-order valence-corrected chi connectivity index (χ1v) is 8.90. The number of nitrogens with zero attached hydrogens (tertiary/aromatic N) is 3. The van der Waals surface area contributed by atoms with Crippen LogP contribution in [0.15, 0.2) is 18.2 Å². The topological polar surface area (TPSA) is 79.4 Å². The number of carbonyl (C=O) groups is 3. The van der Waals surface area contributed by atoms with Gasteiger partial charge in [-0.2, -0.15) is 0 Å².